The third-order valence-electron chi connectivity index (χ3n) is 7.05. The Bertz CT molecular complexity index is 1230. The average Bonchev–Trinajstić information content (AvgIpc) is 2.95. The van der Waals surface area contributed by atoms with Gasteiger partial charge in [0.15, 0.2) is 17.9 Å². The monoisotopic (exact) mass is 538 g/mol. The number of halogens is 3. The first-order valence-corrected chi connectivity index (χ1v) is 13.9. The number of allylic oxidation sites excluding steroid dienone is 1. The minimum Gasteiger partial charge on any atom is -0.490 e. The van der Waals surface area contributed by atoms with E-state index >= 15 is 4.39 Å². The van der Waals surface area contributed by atoms with E-state index in [4.69, 9.17) is 14.2 Å². The largest absolute Gasteiger partial charge is 0.490 e. The maximum absolute atomic E-state index is 15.1. The maximum Gasteiger partial charge on any atom is 0.201 e. The molecule has 0 bridgehead atoms. The lowest BCUT2D eigenvalue weighted by atomic mass is 9.95. The highest BCUT2D eigenvalue weighted by molar-refractivity contribution is 5.71. The SMILES string of the molecule is C/C=C/C1OCC(c2ccc(-c3ccc(-c4ccc(OCCCCCCCC)c(F)c4F)cc3)c(F)c2)CO1. The second kappa shape index (κ2) is 14.3. The van der Waals surface area contributed by atoms with E-state index in [1.165, 1.54) is 37.5 Å². The van der Waals surface area contributed by atoms with E-state index in [-0.39, 0.29) is 29.3 Å². The molecule has 1 fully saturated rings. The highest BCUT2D eigenvalue weighted by Crippen LogP contribution is 2.33. The zero-order valence-corrected chi connectivity index (χ0v) is 22.7. The standard InChI is InChI=1S/C33H37F3O3/c1-3-5-6-7-8-9-19-37-30-18-17-28(32(35)33(30)36)24-13-11-23(12-14-24)27-16-15-25(20-29(27)34)26-21-38-31(10-4-2)39-22-26/h4,10-18,20,26,31H,3,5-9,19,21-22H2,1-2H3/b10-4+. The van der Waals surface area contributed by atoms with Gasteiger partial charge in [0.05, 0.1) is 19.8 Å². The van der Waals surface area contributed by atoms with Gasteiger partial charge in [0, 0.05) is 17.0 Å². The molecule has 0 unspecified atom stereocenters. The van der Waals surface area contributed by atoms with E-state index in [0.717, 1.165) is 24.8 Å². The van der Waals surface area contributed by atoms with Crippen molar-refractivity contribution in [3.8, 4) is 28.0 Å². The van der Waals surface area contributed by atoms with Crippen LogP contribution in [0.4, 0.5) is 13.2 Å². The third-order valence-corrected chi connectivity index (χ3v) is 7.05. The molecule has 1 saturated heterocycles. The molecule has 0 radical (unpaired) electrons. The Morgan fingerprint density at radius 2 is 1.44 bits per heavy atom. The minimum absolute atomic E-state index is 0.0481. The van der Waals surface area contributed by atoms with Crippen LogP contribution in [0.1, 0.15) is 63.9 Å². The van der Waals surface area contributed by atoms with E-state index in [1.54, 1.807) is 30.3 Å². The molecule has 3 aromatic rings. The zero-order valence-electron chi connectivity index (χ0n) is 22.7. The number of ether oxygens (including phenoxy) is 3. The summed E-state index contributed by atoms with van der Waals surface area (Å²) in [4.78, 5) is 0. The van der Waals surface area contributed by atoms with Gasteiger partial charge >= 0.3 is 0 Å². The van der Waals surface area contributed by atoms with E-state index in [1.807, 2.05) is 25.1 Å². The van der Waals surface area contributed by atoms with Crippen LogP contribution in [0.25, 0.3) is 22.3 Å². The molecule has 0 saturated carbocycles. The lowest BCUT2D eigenvalue weighted by molar-refractivity contribution is -0.159. The molecular weight excluding hydrogens is 501 g/mol. The molecular formula is C33H37F3O3. The maximum atomic E-state index is 15.1. The number of hydrogen-bond acceptors (Lipinski definition) is 3. The van der Waals surface area contributed by atoms with Crippen LogP contribution in [0.5, 0.6) is 5.75 Å². The molecule has 3 nitrogen and oxygen atoms in total. The van der Waals surface area contributed by atoms with Gasteiger partial charge < -0.3 is 14.2 Å². The van der Waals surface area contributed by atoms with Crippen molar-refractivity contribution in [3.05, 3.63) is 89.8 Å². The second-order valence-electron chi connectivity index (χ2n) is 9.93. The van der Waals surface area contributed by atoms with Gasteiger partial charge in [-0.15, -0.1) is 0 Å². The van der Waals surface area contributed by atoms with Crippen molar-refractivity contribution in [2.75, 3.05) is 19.8 Å². The van der Waals surface area contributed by atoms with Gasteiger partial charge in [-0.2, -0.15) is 4.39 Å². The van der Waals surface area contributed by atoms with Gasteiger partial charge in [0.25, 0.3) is 0 Å². The average molecular weight is 539 g/mol. The number of unbranched alkanes of at least 4 members (excludes halogenated alkanes) is 5. The van der Waals surface area contributed by atoms with Crippen LogP contribution in [-0.2, 0) is 9.47 Å². The van der Waals surface area contributed by atoms with Crippen LogP contribution in [0.2, 0.25) is 0 Å². The summed E-state index contributed by atoms with van der Waals surface area (Å²) in [7, 11) is 0. The van der Waals surface area contributed by atoms with Gasteiger partial charge in [-0.25, -0.2) is 8.78 Å². The number of benzene rings is 3. The van der Waals surface area contributed by atoms with Gasteiger partial charge in [-0.1, -0.05) is 81.5 Å². The van der Waals surface area contributed by atoms with Crippen molar-refractivity contribution in [3.63, 3.8) is 0 Å². The fraction of sp³-hybridized carbons (Fsp3) is 0.394. The molecule has 0 aromatic heterocycles. The van der Waals surface area contributed by atoms with Crippen molar-refractivity contribution in [1.82, 2.24) is 0 Å². The summed E-state index contributed by atoms with van der Waals surface area (Å²) < 4.78 is 61.5. The van der Waals surface area contributed by atoms with Crippen molar-refractivity contribution in [2.24, 2.45) is 0 Å². The van der Waals surface area contributed by atoms with E-state index in [9.17, 15) is 8.78 Å². The van der Waals surface area contributed by atoms with Crippen LogP contribution in [0.15, 0.2) is 66.7 Å². The van der Waals surface area contributed by atoms with Crippen molar-refractivity contribution >= 4 is 0 Å². The van der Waals surface area contributed by atoms with Gasteiger partial charge in [-0.3, -0.25) is 0 Å². The summed E-state index contributed by atoms with van der Waals surface area (Å²) in [5, 5.41) is 0. The van der Waals surface area contributed by atoms with Gasteiger partial charge in [0.1, 0.15) is 5.82 Å². The molecule has 3 aromatic carbocycles. The van der Waals surface area contributed by atoms with Crippen molar-refractivity contribution in [2.45, 2.75) is 64.6 Å². The lowest BCUT2D eigenvalue weighted by Crippen LogP contribution is -2.29. The Hall–Kier alpha value is -3.09. The molecule has 1 aliphatic heterocycles. The Labute approximate surface area is 229 Å². The first-order valence-electron chi connectivity index (χ1n) is 13.9. The normalized spacial score (nSPS) is 17.6. The molecule has 1 heterocycles. The Morgan fingerprint density at radius 3 is 2.10 bits per heavy atom. The van der Waals surface area contributed by atoms with Gasteiger partial charge in [-0.05, 0) is 54.3 Å². The van der Waals surface area contributed by atoms with Crippen molar-refractivity contribution < 1.29 is 27.4 Å². The van der Waals surface area contributed by atoms with Crippen molar-refractivity contribution in [1.29, 1.82) is 0 Å². The molecule has 4 rings (SSSR count). The molecule has 1 aliphatic rings. The molecule has 39 heavy (non-hydrogen) atoms. The zero-order chi connectivity index (χ0) is 27.6. The summed E-state index contributed by atoms with van der Waals surface area (Å²) >= 11 is 0. The van der Waals surface area contributed by atoms with Crippen LogP contribution in [-0.4, -0.2) is 26.1 Å². The topological polar surface area (TPSA) is 27.7 Å². The van der Waals surface area contributed by atoms with E-state index in [0.29, 0.717) is 36.5 Å². The first-order chi connectivity index (χ1) is 19.0. The highest BCUT2D eigenvalue weighted by Gasteiger charge is 2.23. The Kier molecular flexibility index (Phi) is 10.6. The fourth-order valence-electron chi connectivity index (χ4n) is 4.76. The third kappa shape index (κ3) is 7.52. The fourth-order valence-corrected chi connectivity index (χ4v) is 4.76. The molecule has 0 amide bonds. The lowest BCUT2D eigenvalue weighted by Gasteiger charge is -2.28. The molecule has 0 spiro atoms. The molecule has 6 heteroatoms. The van der Waals surface area contributed by atoms with Gasteiger partial charge in [0.2, 0.25) is 5.82 Å². The Morgan fingerprint density at radius 1 is 0.795 bits per heavy atom. The molecule has 0 atom stereocenters. The van der Waals surface area contributed by atoms with Crippen LogP contribution in [0, 0.1) is 17.5 Å². The Balaban J connectivity index is 1.39. The predicted octanol–water partition coefficient (Wildman–Crippen LogP) is 9.21. The predicted molar refractivity (Wildman–Crippen MR) is 149 cm³/mol. The minimum atomic E-state index is -0.989. The highest BCUT2D eigenvalue weighted by atomic mass is 19.2. The summed E-state index contributed by atoms with van der Waals surface area (Å²) in [6.45, 7) is 5.33. The van der Waals surface area contributed by atoms with Crippen LogP contribution >= 0.6 is 0 Å². The van der Waals surface area contributed by atoms with Crippen LogP contribution in [0.3, 0.4) is 0 Å². The second-order valence-corrected chi connectivity index (χ2v) is 9.93. The number of hydrogen-bond donors (Lipinski definition) is 0. The summed E-state index contributed by atoms with van der Waals surface area (Å²) in [5.41, 5.74) is 2.52. The van der Waals surface area contributed by atoms with Crippen LogP contribution < -0.4 is 4.74 Å². The quantitative estimate of drug-likeness (QED) is 0.170. The smallest absolute Gasteiger partial charge is 0.201 e. The molecule has 0 aliphatic carbocycles. The van der Waals surface area contributed by atoms with E-state index in [2.05, 4.69) is 6.92 Å². The summed E-state index contributed by atoms with van der Waals surface area (Å²) in [6.07, 6.45) is 9.89. The summed E-state index contributed by atoms with van der Waals surface area (Å²) in [6, 6.07) is 14.9. The molecule has 0 N–H and O–H groups in total. The first kappa shape index (κ1) is 28.9. The number of rotatable bonds is 12. The van der Waals surface area contributed by atoms with E-state index < -0.39 is 11.6 Å². The molecule has 208 valence electrons. The summed E-state index contributed by atoms with van der Waals surface area (Å²) in [5.74, 6) is -2.42.